The van der Waals surface area contributed by atoms with E-state index < -0.39 is 58.1 Å². The molecule has 4 rings (SSSR count). The number of phenols is 1. The van der Waals surface area contributed by atoms with Crippen molar-refractivity contribution in [2.75, 3.05) is 5.32 Å². The van der Waals surface area contributed by atoms with Gasteiger partial charge in [-0.25, -0.2) is 8.78 Å². The van der Waals surface area contributed by atoms with Crippen molar-refractivity contribution in [2.45, 2.75) is 37.1 Å². The first-order valence-corrected chi connectivity index (χ1v) is 9.81. The maximum Gasteiger partial charge on any atom is 0.419 e. The number of alkyl halides is 3. The molecule has 0 unspecified atom stereocenters. The Kier molecular flexibility index (Phi) is 5.13. The molecular weight excluding hydrogens is 459 g/mol. The van der Waals surface area contributed by atoms with Crippen LogP contribution in [0.3, 0.4) is 0 Å². The van der Waals surface area contributed by atoms with E-state index in [9.17, 15) is 37.0 Å². The van der Waals surface area contributed by atoms with Crippen LogP contribution >= 0.6 is 11.6 Å². The fraction of sp³-hybridized carbons (Fsp3) is 0.286. The molecule has 2 aromatic carbocycles. The molecule has 1 aliphatic rings. The van der Waals surface area contributed by atoms with E-state index in [1.807, 2.05) is 0 Å². The number of nitrogens with one attached hydrogen (secondary N) is 2. The minimum Gasteiger partial charge on any atom is -0.505 e. The number of aromatic hydroxyl groups is 1. The number of fused-ring (bicyclic) bond motifs is 2. The van der Waals surface area contributed by atoms with Crippen LogP contribution in [0.2, 0.25) is 5.02 Å². The van der Waals surface area contributed by atoms with E-state index in [1.54, 1.807) is 0 Å². The molecule has 0 bridgehead atoms. The van der Waals surface area contributed by atoms with Crippen LogP contribution in [0, 0.1) is 11.6 Å². The lowest BCUT2D eigenvalue weighted by Crippen LogP contribution is -2.55. The van der Waals surface area contributed by atoms with Crippen molar-refractivity contribution in [1.29, 1.82) is 0 Å². The summed E-state index contributed by atoms with van der Waals surface area (Å²) in [5.41, 5.74) is -4.62. The van der Waals surface area contributed by atoms with Gasteiger partial charge in [0.15, 0.2) is 17.2 Å². The van der Waals surface area contributed by atoms with Crippen molar-refractivity contribution in [3.8, 4) is 5.75 Å². The van der Waals surface area contributed by atoms with Gasteiger partial charge in [0.1, 0.15) is 5.82 Å². The van der Waals surface area contributed by atoms with E-state index >= 15 is 0 Å². The number of hydrogen-bond donors (Lipinski definition) is 4. The van der Waals surface area contributed by atoms with Gasteiger partial charge in [0, 0.05) is 22.7 Å². The number of anilines is 1. The number of aliphatic hydroxyl groups is 1. The van der Waals surface area contributed by atoms with Gasteiger partial charge in [0.25, 0.3) is 0 Å². The van der Waals surface area contributed by atoms with Crippen LogP contribution in [0.5, 0.6) is 5.75 Å². The molecule has 0 saturated heterocycles. The van der Waals surface area contributed by atoms with E-state index in [0.717, 1.165) is 24.3 Å². The van der Waals surface area contributed by atoms with Crippen molar-refractivity contribution >= 4 is 28.2 Å². The fourth-order valence-electron chi connectivity index (χ4n) is 4.32. The predicted octanol–water partition coefficient (Wildman–Crippen LogP) is 5.12. The molecule has 5 nitrogen and oxygen atoms in total. The smallest absolute Gasteiger partial charge is 0.419 e. The van der Waals surface area contributed by atoms with Crippen LogP contribution in [0.25, 0.3) is 10.9 Å². The van der Waals surface area contributed by atoms with Crippen LogP contribution in [-0.2, 0) is 0 Å². The highest BCUT2D eigenvalue weighted by molar-refractivity contribution is 6.31. The molecule has 11 heteroatoms. The average molecular weight is 475 g/mol. The highest BCUT2D eigenvalue weighted by atomic mass is 35.5. The average Bonchev–Trinajstić information content (AvgIpc) is 2.69. The van der Waals surface area contributed by atoms with Gasteiger partial charge < -0.3 is 20.5 Å². The molecule has 0 fully saturated rings. The molecule has 3 atom stereocenters. The largest absolute Gasteiger partial charge is 0.505 e. The molecule has 0 spiro atoms. The minimum atomic E-state index is -5.13. The zero-order valence-electron chi connectivity index (χ0n) is 16.3. The van der Waals surface area contributed by atoms with Crippen molar-refractivity contribution in [1.82, 2.24) is 4.98 Å². The summed E-state index contributed by atoms with van der Waals surface area (Å²) in [5, 5.41) is 23.1. The lowest BCUT2D eigenvalue weighted by molar-refractivity contribution is -0.272. The summed E-state index contributed by atoms with van der Waals surface area (Å²) in [4.78, 5) is 13.8. The molecule has 0 saturated carbocycles. The zero-order chi connectivity index (χ0) is 23.6. The molecule has 0 radical (unpaired) electrons. The highest BCUT2D eigenvalue weighted by Gasteiger charge is 2.62. The van der Waals surface area contributed by atoms with Crippen LogP contribution in [0.1, 0.15) is 36.4 Å². The molecular formula is C21H16ClF5N2O3. The molecule has 1 aromatic heterocycles. The van der Waals surface area contributed by atoms with E-state index in [-0.39, 0.29) is 27.7 Å². The summed E-state index contributed by atoms with van der Waals surface area (Å²) in [6, 6.07) is 3.36. The van der Waals surface area contributed by atoms with Crippen molar-refractivity contribution in [3.63, 3.8) is 0 Å². The molecule has 1 aliphatic carbocycles. The number of aromatic nitrogens is 1. The Balaban J connectivity index is 1.97. The Morgan fingerprint density at radius 3 is 2.56 bits per heavy atom. The SMILES string of the molecule is C[C@@H]1C[C@](O)(C(F)(F)F)[C@@H](Nc2ccc(F)c3[nH]c(=O)ccc23)c2cc(Cl)c(F)c(O)c21. The van der Waals surface area contributed by atoms with Gasteiger partial charge in [-0.3, -0.25) is 4.79 Å². The number of halogens is 6. The number of pyridine rings is 1. The third-order valence-electron chi connectivity index (χ3n) is 5.80. The fourth-order valence-corrected chi connectivity index (χ4v) is 4.53. The second kappa shape index (κ2) is 7.35. The summed E-state index contributed by atoms with van der Waals surface area (Å²) in [6.07, 6.45) is -6.01. The molecule has 1 heterocycles. The van der Waals surface area contributed by atoms with Crippen molar-refractivity contribution < 1.29 is 32.2 Å². The molecule has 0 aliphatic heterocycles. The second-order valence-electron chi connectivity index (χ2n) is 7.83. The van der Waals surface area contributed by atoms with E-state index in [2.05, 4.69) is 10.3 Å². The van der Waals surface area contributed by atoms with Gasteiger partial charge in [-0.05, 0) is 42.2 Å². The Morgan fingerprint density at radius 2 is 1.91 bits per heavy atom. The van der Waals surface area contributed by atoms with E-state index in [0.29, 0.717) is 0 Å². The van der Waals surface area contributed by atoms with Gasteiger partial charge >= 0.3 is 6.18 Å². The molecule has 32 heavy (non-hydrogen) atoms. The monoisotopic (exact) mass is 474 g/mol. The maximum absolute atomic E-state index is 14.2. The van der Waals surface area contributed by atoms with Gasteiger partial charge in [0.05, 0.1) is 16.6 Å². The number of hydrogen-bond acceptors (Lipinski definition) is 4. The number of rotatable bonds is 2. The summed E-state index contributed by atoms with van der Waals surface area (Å²) >= 11 is 5.79. The van der Waals surface area contributed by atoms with Gasteiger partial charge in [0.2, 0.25) is 5.56 Å². The van der Waals surface area contributed by atoms with Crippen LogP contribution in [0.15, 0.2) is 35.1 Å². The van der Waals surface area contributed by atoms with E-state index in [1.165, 1.54) is 13.0 Å². The molecule has 3 aromatic rings. The van der Waals surface area contributed by atoms with Crippen molar-refractivity contribution in [2.24, 2.45) is 0 Å². The second-order valence-corrected chi connectivity index (χ2v) is 8.24. The van der Waals surface area contributed by atoms with E-state index in [4.69, 9.17) is 11.6 Å². The van der Waals surface area contributed by atoms with Crippen LogP contribution in [-0.4, -0.2) is 27.0 Å². The maximum atomic E-state index is 14.2. The number of phenolic OH excluding ortho intramolecular Hbond substituents is 1. The topological polar surface area (TPSA) is 85.4 Å². The minimum absolute atomic E-state index is 0.0363. The number of benzene rings is 2. The number of H-pyrrole nitrogens is 1. The third-order valence-corrected chi connectivity index (χ3v) is 6.07. The summed E-state index contributed by atoms with van der Waals surface area (Å²) < 4.78 is 70.7. The standard InChI is InChI=1S/C21H16ClF5N2O3/c1-8-7-20(32,21(25,26)27)19(10-6-11(22)16(24)18(31)15(8)10)28-13-4-3-12(23)17-9(13)2-5-14(30)29-17/h2-6,8,19,28,31-32H,7H2,1H3,(H,29,30)/t8-,19+,20-/m1/s1. The Morgan fingerprint density at radius 1 is 1.22 bits per heavy atom. The Labute approximate surface area is 182 Å². The zero-order valence-corrected chi connectivity index (χ0v) is 17.1. The summed E-state index contributed by atoms with van der Waals surface area (Å²) in [6.45, 7) is 1.32. The first kappa shape index (κ1) is 22.3. The predicted molar refractivity (Wildman–Crippen MR) is 108 cm³/mol. The first-order valence-electron chi connectivity index (χ1n) is 9.43. The van der Waals surface area contributed by atoms with Gasteiger partial charge in [-0.2, -0.15) is 13.2 Å². The lowest BCUT2D eigenvalue weighted by Gasteiger charge is -2.45. The highest BCUT2D eigenvalue weighted by Crippen LogP contribution is 2.55. The third kappa shape index (κ3) is 3.29. The van der Waals surface area contributed by atoms with Crippen LogP contribution in [0.4, 0.5) is 27.6 Å². The quantitative estimate of drug-likeness (QED) is 0.388. The van der Waals surface area contributed by atoms with Gasteiger partial charge in [-0.1, -0.05) is 18.5 Å². The molecule has 170 valence electrons. The molecule has 0 amide bonds. The Hall–Kier alpha value is -2.85. The normalized spacial score (nSPS) is 23.2. The number of aromatic amines is 1. The summed E-state index contributed by atoms with van der Waals surface area (Å²) in [7, 11) is 0. The molecule has 4 N–H and O–H groups in total. The van der Waals surface area contributed by atoms with Gasteiger partial charge in [-0.15, -0.1) is 0 Å². The first-order chi connectivity index (χ1) is 14.8. The van der Waals surface area contributed by atoms with Crippen molar-refractivity contribution in [3.05, 3.63) is 68.5 Å². The lowest BCUT2D eigenvalue weighted by atomic mass is 9.70. The Bertz CT molecular complexity index is 1290. The van der Waals surface area contributed by atoms with Crippen LogP contribution < -0.4 is 10.9 Å². The summed E-state index contributed by atoms with van der Waals surface area (Å²) in [5.74, 6) is -3.96.